The molecule has 0 radical (unpaired) electrons. The van der Waals surface area contributed by atoms with Crippen molar-refractivity contribution in [3.05, 3.63) is 23.5 Å². The van der Waals surface area contributed by atoms with Gasteiger partial charge >= 0.3 is 0 Å². The summed E-state index contributed by atoms with van der Waals surface area (Å²) in [5, 5.41) is 0. The third-order valence-electron chi connectivity index (χ3n) is 2.52. The summed E-state index contributed by atoms with van der Waals surface area (Å²) in [6.45, 7) is 6.64. The normalized spacial score (nSPS) is 13.2. The molecule has 0 aromatic carbocycles. The fraction of sp³-hybridized carbons (Fsp3) is 0.636. The van der Waals surface area contributed by atoms with Gasteiger partial charge < -0.3 is 4.57 Å². The van der Waals surface area contributed by atoms with Gasteiger partial charge in [-0.2, -0.15) is 11.8 Å². The second-order valence-electron chi connectivity index (χ2n) is 3.50. The molecule has 0 spiro atoms. The van der Waals surface area contributed by atoms with E-state index >= 15 is 0 Å². The lowest BCUT2D eigenvalue weighted by Gasteiger charge is -2.20. The van der Waals surface area contributed by atoms with Crippen LogP contribution in [-0.2, 0) is 0 Å². The van der Waals surface area contributed by atoms with Crippen LogP contribution in [0.15, 0.2) is 12.1 Å². The molecule has 1 rings (SSSR count). The minimum atomic E-state index is 0.671. The van der Waals surface area contributed by atoms with Crippen LogP contribution in [0, 0.1) is 13.8 Å². The van der Waals surface area contributed by atoms with E-state index in [0.29, 0.717) is 6.04 Å². The minimum absolute atomic E-state index is 0.671. The van der Waals surface area contributed by atoms with Crippen LogP contribution < -0.4 is 0 Å². The van der Waals surface area contributed by atoms with Gasteiger partial charge in [-0.05, 0) is 38.7 Å². The first-order chi connectivity index (χ1) is 6.20. The van der Waals surface area contributed by atoms with Crippen molar-refractivity contribution in [2.75, 3.05) is 12.0 Å². The molecule has 74 valence electrons. The highest BCUT2D eigenvalue weighted by molar-refractivity contribution is 7.98. The van der Waals surface area contributed by atoms with E-state index in [4.69, 9.17) is 0 Å². The zero-order valence-electron chi connectivity index (χ0n) is 9.00. The molecule has 0 bridgehead atoms. The molecule has 1 aromatic rings. The molecule has 1 nitrogen and oxygen atoms in total. The van der Waals surface area contributed by atoms with Crippen molar-refractivity contribution in [3.8, 4) is 0 Å². The van der Waals surface area contributed by atoms with Crippen LogP contribution in [0.5, 0.6) is 0 Å². The van der Waals surface area contributed by atoms with Gasteiger partial charge in [-0.1, -0.05) is 6.92 Å². The van der Waals surface area contributed by atoms with Gasteiger partial charge in [0.25, 0.3) is 0 Å². The summed E-state index contributed by atoms with van der Waals surface area (Å²) in [5.74, 6) is 1.22. The van der Waals surface area contributed by atoms with Crippen molar-refractivity contribution in [2.45, 2.75) is 33.2 Å². The topological polar surface area (TPSA) is 4.93 Å². The summed E-state index contributed by atoms with van der Waals surface area (Å²) >= 11 is 1.93. The van der Waals surface area contributed by atoms with Crippen molar-refractivity contribution < 1.29 is 0 Å². The second kappa shape index (κ2) is 4.75. The maximum absolute atomic E-state index is 2.45. The molecule has 0 fully saturated rings. The van der Waals surface area contributed by atoms with Gasteiger partial charge in [0.2, 0.25) is 0 Å². The Balaban J connectivity index is 2.89. The number of hydrogen-bond acceptors (Lipinski definition) is 1. The summed E-state index contributed by atoms with van der Waals surface area (Å²) in [5.41, 5.74) is 2.77. The lowest BCUT2D eigenvalue weighted by Crippen LogP contribution is -2.13. The summed E-state index contributed by atoms with van der Waals surface area (Å²) in [4.78, 5) is 0. The van der Waals surface area contributed by atoms with E-state index in [2.05, 4.69) is 43.7 Å². The van der Waals surface area contributed by atoms with Crippen molar-refractivity contribution >= 4 is 11.8 Å². The Morgan fingerprint density at radius 3 is 2.23 bits per heavy atom. The lowest BCUT2D eigenvalue weighted by atomic mass is 10.2. The Hall–Kier alpha value is -0.370. The van der Waals surface area contributed by atoms with Crippen LogP contribution in [0.4, 0.5) is 0 Å². The number of aromatic nitrogens is 1. The van der Waals surface area contributed by atoms with Crippen LogP contribution in [0.2, 0.25) is 0 Å². The number of aryl methyl sites for hydroxylation is 2. The fourth-order valence-electron chi connectivity index (χ4n) is 1.82. The van der Waals surface area contributed by atoms with E-state index < -0.39 is 0 Å². The molecular formula is C11H19NS. The van der Waals surface area contributed by atoms with E-state index in [1.165, 1.54) is 23.6 Å². The summed E-state index contributed by atoms with van der Waals surface area (Å²) < 4.78 is 2.45. The molecule has 2 heteroatoms. The van der Waals surface area contributed by atoms with Gasteiger partial charge in [-0.25, -0.2) is 0 Å². The van der Waals surface area contributed by atoms with Crippen molar-refractivity contribution in [1.82, 2.24) is 4.57 Å². The first kappa shape index (κ1) is 10.7. The minimum Gasteiger partial charge on any atom is -0.345 e. The molecule has 0 saturated heterocycles. The van der Waals surface area contributed by atoms with Crippen molar-refractivity contribution in [2.24, 2.45) is 0 Å². The Kier molecular flexibility index (Phi) is 3.91. The average Bonchev–Trinajstić information content (AvgIpc) is 2.43. The maximum atomic E-state index is 2.45. The first-order valence-corrected chi connectivity index (χ1v) is 6.23. The van der Waals surface area contributed by atoms with Gasteiger partial charge in [0.1, 0.15) is 0 Å². The van der Waals surface area contributed by atoms with E-state index in [0.717, 1.165) is 0 Å². The Bertz CT molecular complexity index is 246. The number of thioether (sulfide) groups is 1. The number of hydrogen-bond donors (Lipinski definition) is 0. The average molecular weight is 197 g/mol. The van der Waals surface area contributed by atoms with Gasteiger partial charge in [0, 0.05) is 23.2 Å². The molecule has 0 saturated carbocycles. The number of rotatable bonds is 4. The predicted octanol–water partition coefficient (Wildman–Crippen LogP) is 3.42. The Labute approximate surface area is 85.5 Å². The van der Waals surface area contributed by atoms with Crippen LogP contribution >= 0.6 is 11.8 Å². The largest absolute Gasteiger partial charge is 0.345 e. The van der Waals surface area contributed by atoms with E-state index in [1.807, 2.05) is 11.8 Å². The molecule has 13 heavy (non-hydrogen) atoms. The monoisotopic (exact) mass is 197 g/mol. The van der Waals surface area contributed by atoms with Gasteiger partial charge in [-0.15, -0.1) is 0 Å². The zero-order valence-corrected chi connectivity index (χ0v) is 9.82. The van der Waals surface area contributed by atoms with E-state index in [9.17, 15) is 0 Å². The van der Waals surface area contributed by atoms with Gasteiger partial charge in [-0.3, -0.25) is 0 Å². The molecule has 0 aliphatic rings. The summed E-state index contributed by atoms with van der Waals surface area (Å²) in [7, 11) is 0. The molecule has 1 atom stereocenters. The third kappa shape index (κ3) is 2.31. The molecule has 1 unspecified atom stereocenters. The smallest absolute Gasteiger partial charge is 0.0423 e. The highest BCUT2D eigenvalue weighted by Gasteiger charge is 2.11. The molecule has 0 aliphatic carbocycles. The van der Waals surface area contributed by atoms with Crippen LogP contribution in [0.25, 0.3) is 0 Å². The van der Waals surface area contributed by atoms with Gasteiger partial charge in [0.05, 0.1) is 0 Å². The third-order valence-corrected chi connectivity index (χ3v) is 3.24. The van der Waals surface area contributed by atoms with E-state index in [1.54, 1.807) is 0 Å². The standard InChI is InChI=1S/C11H19NS/c1-5-11(8-13-4)12-9(2)6-7-10(12)3/h6-7,11H,5,8H2,1-4H3. The molecule has 1 aromatic heterocycles. The quantitative estimate of drug-likeness (QED) is 0.716. The van der Waals surface area contributed by atoms with Crippen LogP contribution in [-0.4, -0.2) is 16.6 Å². The lowest BCUT2D eigenvalue weighted by molar-refractivity contribution is 0.520. The SMILES string of the molecule is CCC(CSC)n1c(C)ccc1C. The highest BCUT2D eigenvalue weighted by Crippen LogP contribution is 2.21. The fourth-order valence-corrected chi connectivity index (χ4v) is 2.59. The molecule has 1 heterocycles. The number of nitrogens with zero attached hydrogens (tertiary/aromatic N) is 1. The summed E-state index contributed by atoms with van der Waals surface area (Å²) in [6.07, 6.45) is 3.40. The van der Waals surface area contributed by atoms with Crippen LogP contribution in [0.1, 0.15) is 30.8 Å². The molecule has 0 aliphatic heterocycles. The molecule has 0 N–H and O–H groups in total. The Morgan fingerprint density at radius 1 is 1.31 bits per heavy atom. The zero-order chi connectivity index (χ0) is 9.84. The highest BCUT2D eigenvalue weighted by atomic mass is 32.2. The van der Waals surface area contributed by atoms with Crippen molar-refractivity contribution in [1.29, 1.82) is 0 Å². The van der Waals surface area contributed by atoms with Crippen molar-refractivity contribution in [3.63, 3.8) is 0 Å². The molecular weight excluding hydrogens is 178 g/mol. The summed E-state index contributed by atoms with van der Waals surface area (Å²) in [6, 6.07) is 5.08. The Morgan fingerprint density at radius 2 is 1.85 bits per heavy atom. The van der Waals surface area contributed by atoms with E-state index in [-0.39, 0.29) is 0 Å². The first-order valence-electron chi connectivity index (χ1n) is 4.84. The second-order valence-corrected chi connectivity index (χ2v) is 4.41. The maximum Gasteiger partial charge on any atom is 0.0423 e. The van der Waals surface area contributed by atoms with Gasteiger partial charge in [0.15, 0.2) is 0 Å². The predicted molar refractivity (Wildman–Crippen MR) is 61.6 cm³/mol. The molecule has 0 amide bonds. The van der Waals surface area contributed by atoms with Crippen LogP contribution in [0.3, 0.4) is 0 Å².